The topological polar surface area (TPSA) is 17.8 Å². The van der Waals surface area contributed by atoms with Gasteiger partial charge in [-0.2, -0.15) is 0 Å². The molecule has 2 nitrogen and oxygen atoms in total. The summed E-state index contributed by atoms with van der Waals surface area (Å²) in [7, 11) is 0. The molecule has 0 amide bonds. The first-order valence-electron chi connectivity index (χ1n) is 17.5. The largest absolute Gasteiger partial charge is 0.309 e. The molecule has 2 aromatic heterocycles. The number of nitrogens with zero attached hydrogens (tertiary/aromatic N) is 2. The van der Waals surface area contributed by atoms with Crippen molar-refractivity contribution in [3.8, 4) is 50.3 Å². The highest BCUT2D eigenvalue weighted by Gasteiger charge is 2.16. The average molecular weight is 649 g/mol. The van der Waals surface area contributed by atoms with E-state index in [0.29, 0.717) is 0 Å². The molecule has 0 aliphatic heterocycles. The van der Waals surface area contributed by atoms with E-state index >= 15 is 0 Å². The normalized spacial score (nSPS) is 11.5. The summed E-state index contributed by atoms with van der Waals surface area (Å²) in [5.41, 5.74) is 13.8. The minimum absolute atomic E-state index is 0.988. The van der Waals surface area contributed by atoms with Crippen molar-refractivity contribution in [3.05, 3.63) is 194 Å². The van der Waals surface area contributed by atoms with Gasteiger partial charge in [0.05, 0.1) is 22.2 Å². The number of hydrogen-bond acceptors (Lipinski definition) is 1. The molecule has 0 fully saturated rings. The van der Waals surface area contributed by atoms with Crippen molar-refractivity contribution in [1.82, 2.24) is 9.55 Å². The lowest BCUT2D eigenvalue weighted by Crippen LogP contribution is -1.93. The first-order valence-corrected chi connectivity index (χ1v) is 17.5. The van der Waals surface area contributed by atoms with Gasteiger partial charge in [0.1, 0.15) is 0 Å². The van der Waals surface area contributed by atoms with E-state index in [2.05, 4.69) is 199 Å². The molecule has 0 N–H and O–H groups in total. The minimum Gasteiger partial charge on any atom is -0.309 e. The van der Waals surface area contributed by atoms with Gasteiger partial charge in [-0.1, -0.05) is 133 Å². The average Bonchev–Trinajstić information content (AvgIpc) is 3.55. The quantitative estimate of drug-likeness (QED) is 0.170. The van der Waals surface area contributed by atoms with E-state index in [1.165, 1.54) is 60.6 Å². The fourth-order valence-electron chi connectivity index (χ4n) is 7.72. The fraction of sp³-hybridized carbons (Fsp3) is 0. The van der Waals surface area contributed by atoms with Gasteiger partial charge in [-0.25, -0.2) is 4.98 Å². The van der Waals surface area contributed by atoms with Crippen molar-refractivity contribution in [3.63, 3.8) is 0 Å². The molecule has 10 aromatic rings. The van der Waals surface area contributed by atoms with Gasteiger partial charge < -0.3 is 4.57 Å². The molecule has 0 aliphatic carbocycles. The summed E-state index contributed by atoms with van der Waals surface area (Å²) >= 11 is 0. The number of rotatable bonds is 5. The van der Waals surface area contributed by atoms with E-state index in [-0.39, 0.29) is 0 Å². The van der Waals surface area contributed by atoms with Crippen molar-refractivity contribution in [1.29, 1.82) is 0 Å². The molecular formula is C49H32N2. The molecule has 2 heteroatoms. The maximum atomic E-state index is 5.38. The molecule has 8 aromatic carbocycles. The first-order chi connectivity index (χ1) is 25.3. The van der Waals surface area contributed by atoms with E-state index < -0.39 is 0 Å². The van der Waals surface area contributed by atoms with Crippen LogP contribution >= 0.6 is 0 Å². The Morgan fingerprint density at radius 1 is 0.294 bits per heavy atom. The Balaban J connectivity index is 1.15. The molecule has 0 radical (unpaired) electrons. The predicted molar refractivity (Wildman–Crippen MR) is 215 cm³/mol. The lowest BCUT2D eigenvalue weighted by Gasteiger charge is -2.14. The Kier molecular flexibility index (Phi) is 6.85. The second-order valence-electron chi connectivity index (χ2n) is 13.2. The number of hydrogen-bond donors (Lipinski definition) is 0. The Hall–Kier alpha value is -6.77. The van der Waals surface area contributed by atoms with Crippen LogP contribution in [0.15, 0.2) is 194 Å². The summed E-state index contributed by atoms with van der Waals surface area (Å²) in [5, 5.41) is 5.96. The molecule has 0 aliphatic rings. The predicted octanol–water partition coefficient (Wildman–Crippen LogP) is 13.2. The molecule has 0 bridgehead atoms. The fourth-order valence-corrected chi connectivity index (χ4v) is 7.72. The van der Waals surface area contributed by atoms with Crippen molar-refractivity contribution in [2.45, 2.75) is 0 Å². The van der Waals surface area contributed by atoms with Crippen LogP contribution in [0.2, 0.25) is 0 Å². The third-order valence-electron chi connectivity index (χ3n) is 10.1. The molecule has 0 spiro atoms. The number of pyridine rings is 1. The van der Waals surface area contributed by atoms with Gasteiger partial charge >= 0.3 is 0 Å². The summed E-state index contributed by atoms with van der Waals surface area (Å²) in [5.74, 6) is 0. The molecule has 10 rings (SSSR count). The van der Waals surface area contributed by atoms with Crippen LogP contribution in [0.3, 0.4) is 0 Å². The van der Waals surface area contributed by atoms with Gasteiger partial charge in [-0.05, 0) is 99.4 Å². The van der Waals surface area contributed by atoms with Crippen molar-refractivity contribution in [2.75, 3.05) is 0 Å². The van der Waals surface area contributed by atoms with Crippen LogP contribution in [0.4, 0.5) is 0 Å². The Morgan fingerprint density at radius 3 is 1.49 bits per heavy atom. The standard InChI is InChI=1S/C49H32N2/c1-4-14-33(15-5-1)37-28-38(34-16-6-2-7-17-34)30-39(29-37)35-24-26-46-44(31-35)41-20-10-11-22-43(41)49(50-46)36-25-27-48-45(32-36)42-21-12-13-23-47(42)51(48)40-18-8-3-9-19-40/h1-32H. The summed E-state index contributed by atoms with van der Waals surface area (Å²) in [6.07, 6.45) is 0. The van der Waals surface area contributed by atoms with Crippen LogP contribution in [0.1, 0.15) is 0 Å². The van der Waals surface area contributed by atoms with Gasteiger partial charge in [-0.15, -0.1) is 0 Å². The molecule has 2 heterocycles. The van der Waals surface area contributed by atoms with Crippen LogP contribution < -0.4 is 0 Å². The molecule has 238 valence electrons. The summed E-state index contributed by atoms with van der Waals surface area (Å²) in [6.45, 7) is 0. The van der Waals surface area contributed by atoms with Gasteiger partial charge in [0.15, 0.2) is 0 Å². The lowest BCUT2D eigenvalue weighted by atomic mass is 9.92. The van der Waals surface area contributed by atoms with Crippen molar-refractivity contribution < 1.29 is 0 Å². The number of fused-ring (bicyclic) bond motifs is 6. The molecule has 0 atom stereocenters. The van der Waals surface area contributed by atoms with Gasteiger partial charge in [-0.3, -0.25) is 0 Å². The molecule has 0 saturated heterocycles. The zero-order valence-corrected chi connectivity index (χ0v) is 27.9. The maximum Gasteiger partial charge on any atom is 0.0788 e. The van der Waals surface area contributed by atoms with Crippen LogP contribution in [0.5, 0.6) is 0 Å². The molecule has 51 heavy (non-hydrogen) atoms. The zero-order valence-electron chi connectivity index (χ0n) is 27.9. The second-order valence-corrected chi connectivity index (χ2v) is 13.2. The summed E-state index contributed by atoms with van der Waals surface area (Å²) in [6, 6.07) is 69.8. The third kappa shape index (κ3) is 5.00. The van der Waals surface area contributed by atoms with Gasteiger partial charge in [0.25, 0.3) is 0 Å². The summed E-state index contributed by atoms with van der Waals surface area (Å²) in [4.78, 5) is 5.38. The smallest absolute Gasteiger partial charge is 0.0788 e. The van der Waals surface area contributed by atoms with Gasteiger partial charge in [0, 0.05) is 32.8 Å². The SMILES string of the molecule is c1ccc(-c2cc(-c3ccccc3)cc(-c3ccc4nc(-c5ccc6c(c5)c5ccccc5n6-c5ccccc5)c5ccccc5c4c3)c2)cc1. The van der Waals surface area contributed by atoms with Crippen LogP contribution in [0.25, 0.3) is 93.8 Å². The van der Waals surface area contributed by atoms with Gasteiger partial charge in [0.2, 0.25) is 0 Å². The monoisotopic (exact) mass is 648 g/mol. The third-order valence-corrected chi connectivity index (χ3v) is 10.1. The Bertz CT molecular complexity index is 2830. The van der Waals surface area contributed by atoms with E-state index in [4.69, 9.17) is 4.98 Å². The van der Waals surface area contributed by atoms with Crippen LogP contribution in [0, 0.1) is 0 Å². The number of para-hydroxylation sites is 2. The number of aromatic nitrogens is 2. The van der Waals surface area contributed by atoms with E-state index in [9.17, 15) is 0 Å². The highest BCUT2D eigenvalue weighted by molar-refractivity contribution is 6.14. The second kappa shape index (κ2) is 12.0. The molecular weight excluding hydrogens is 617 g/mol. The minimum atomic E-state index is 0.988. The van der Waals surface area contributed by atoms with E-state index in [0.717, 1.165) is 33.2 Å². The maximum absolute atomic E-state index is 5.38. The van der Waals surface area contributed by atoms with E-state index in [1.807, 2.05) is 0 Å². The lowest BCUT2D eigenvalue weighted by molar-refractivity contribution is 1.18. The van der Waals surface area contributed by atoms with Crippen LogP contribution in [-0.4, -0.2) is 9.55 Å². The first kappa shape index (κ1) is 29.2. The summed E-state index contributed by atoms with van der Waals surface area (Å²) < 4.78 is 2.36. The highest BCUT2D eigenvalue weighted by Crippen LogP contribution is 2.39. The molecule has 0 unspecified atom stereocenters. The number of benzene rings is 8. The highest BCUT2D eigenvalue weighted by atomic mass is 15.0. The zero-order chi connectivity index (χ0) is 33.7. The van der Waals surface area contributed by atoms with E-state index in [1.54, 1.807) is 0 Å². The van der Waals surface area contributed by atoms with Crippen molar-refractivity contribution >= 4 is 43.5 Å². The Morgan fingerprint density at radius 2 is 0.804 bits per heavy atom. The van der Waals surface area contributed by atoms with Crippen LogP contribution in [-0.2, 0) is 0 Å². The molecule has 0 saturated carbocycles. The Labute approximate surface area is 296 Å². The van der Waals surface area contributed by atoms with Crippen molar-refractivity contribution in [2.24, 2.45) is 0 Å².